The second-order valence-electron chi connectivity index (χ2n) is 5.35. The lowest BCUT2D eigenvalue weighted by Gasteiger charge is -2.30. The van der Waals surface area contributed by atoms with Crippen LogP contribution in [0.1, 0.15) is 37.6 Å². The van der Waals surface area contributed by atoms with E-state index < -0.39 is 5.91 Å². The van der Waals surface area contributed by atoms with E-state index in [1.807, 2.05) is 11.9 Å². The lowest BCUT2D eigenvalue weighted by atomic mass is 10.0. The average Bonchev–Trinajstić information content (AvgIpc) is 2.25. The van der Waals surface area contributed by atoms with Crippen molar-refractivity contribution >= 4 is 28.9 Å². The van der Waals surface area contributed by atoms with Crippen LogP contribution in [-0.4, -0.2) is 19.0 Å². The van der Waals surface area contributed by atoms with Gasteiger partial charge in [0.25, 0.3) is 5.91 Å². The van der Waals surface area contributed by atoms with Gasteiger partial charge in [-0.1, -0.05) is 25.4 Å². The third-order valence-corrected chi connectivity index (χ3v) is 3.47. The first-order chi connectivity index (χ1) is 8.73. The SMILES string of the molecule is CC(C)CC(C)N(C)c1c(Cl)cc(N)cc1C(N)=O. The summed E-state index contributed by atoms with van der Waals surface area (Å²) >= 11 is 6.22. The highest BCUT2D eigenvalue weighted by molar-refractivity contribution is 6.34. The Hall–Kier alpha value is -1.42. The number of rotatable bonds is 5. The van der Waals surface area contributed by atoms with E-state index in [0.29, 0.717) is 27.9 Å². The molecule has 106 valence electrons. The highest BCUT2D eigenvalue weighted by Crippen LogP contribution is 2.33. The number of amides is 1. The van der Waals surface area contributed by atoms with Crippen molar-refractivity contribution in [2.75, 3.05) is 17.7 Å². The van der Waals surface area contributed by atoms with Crippen molar-refractivity contribution in [1.82, 2.24) is 0 Å². The fraction of sp³-hybridized carbons (Fsp3) is 0.500. The van der Waals surface area contributed by atoms with Gasteiger partial charge in [-0.05, 0) is 31.4 Å². The summed E-state index contributed by atoms with van der Waals surface area (Å²) < 4.78 is 0. The smallest absolute Gasteiger partial charge is 0.250 e. The van der Waals surface area contributed by atoms with Gasteiger partial charge in [0, 0.05) is 18.8 Å². The van der Waals surface area contributed by atoms with E-state index in [9.17, 15) is 4.79 Å². The van der Waals surface area contributed by atoms with Gasteiger partial charge in [-0.3, -0.25) is 4.79 Å². The van der Waals surface area contributed by atoms with Gasteiger partial charge in [0.15, 0.2) is 0 Å². The highest BCUT2D eigenvalue weighted by atomic mass is 35.5. The van der Waals surface area contributed by atoms with E-state index in [4.69, 9.17) is 23.1 Å². The van der Waals surface area contributed by atoms with Crippen molar-refractivity contribution < 1.29 is 4.79 Å². The number of anilines is 2. The third-order valence-electron chi connectivity index (χ3n) is 3.18. The maximum absolute atomic E-state index is 11.6. The Morgan fingerprint density at radius 3 is 2.42 bits per heavy atom. The predicted molar refractivity (Wildman–Crippen MR) is 81.7 cm³/mol. The van der Waals surface area contributed by atoms with Gasteiger partial charge < -0.3 is 16.4 Å². The van der Waals surface area contributed by atoms with Crippen LogP contribution >= 0.6 is 11.6 Å². The molecular formula is C14H22ClN3O. The summed E-state index contributed by atoms with van der Waals surface area (Å²) in [4.78, 5) is 13.5. The van der Waals surface area contributed by atoms with Gasteiger partial charge in [0.05, 0.1) is 16.3 Å². The predicted octanol–water partition coefficient (Wildman–Crippen LogP) is 2.89. The first-order valence-electron chi connectivity index (χ1n) is 6.35. The number of nitrogens with zero attached hydrogens (tertiary/aromatic N) is 1. The number of carbonyl (C=O) groups excluding carboxylic acids is 1. The molecule has 1 aromatic carbocycles. The number of primary amides is 1. The van der Waals surface area contributed by atoms with Crippen molar-refractivity contribution in [2.24, 2.45) is 11.7 Å². The van der Waals surface area contributed by atoms with Crippen molar-refractivity contribution in [1.29, 1.82) is 0 Å². The number of halogens is 1. The topological polar surface area (TPSA) is 72.3 Å². The van der Waals surface area contributed by atoms with Crippen LogP contribution in [0.15, 0.2) is 12.1 Å². The van der Waals surface area contributed by atoms with Gasteiger partial charge in [0.2, 0.25) is 0 Å². The van der Waals surface area contributed by atoms with Gasteiger partial charge >= 0.3 is 0 Å². The molecule has 19 heavy (non-hydrogen) atoms. The zero-order valence-corrected chi connectivity index (χ0v) is 12.7. The third kappa shape index (κ3) is 3.77. The molecule has 0 bridgehead atoms. The van der Waals surface area contributed by atoms with Crippen LogP contribution in [0, 0.1) is 5.92 Å². The van der Waals surface area contributed by atoms with Crippen molar-refractivity contribution in [3.63, 3.8) is 0 Å². The second-order valence-corrected chi connectivity index (χ2v) is 5.76. The average molecular weight is 284 g/mol. The van der Waals surface area contributed by atoms with Crippen LogP contribution in [0.2, 0.25) is 5.02 Å². The molecule has 0 fully saturated rings. The molecule has 0 aliphatic carbocycles. The summed E-state index contributed by atoms with van der Waals surface area (Å²) in [6.07, 6.45) is 0.995. The number of nitrogens with two attached hydrogens (primary N) is 2. The number of benzene rings is 1. The Balaban J connectivity index is 3.21. The van der Waals surface area contributed by atoms with Gasteiger partial charge in [-0.25, -0.2) is 0 Å². The van der Waals surface area contributed by atoms with Crippen molar-refractivity contribution in [3.8, 4) is 0 Å². The van der Waals surface area contributed by atoms with Crippen LogP contribution in [0.3, 0.4) is 0 Å². The largest absolute Gasteiger partial charge is 0.399 e. The van der Waals surface area contributed by atoms with Crippen LogP contribution in [0.5, 0.6) is 0 Å². The maximum atomic E-state index is 11.6. The summed E-state index contributed by atoms with van der Waals surface area (Å²) in [5, 5.41) is 0.451. The quantitative estimate of drug-likeness (QED) is 0.816. The molecule has 5 heteroatoms. The van der Waals surface area contributed by atoms with E-state index in [1.54, 1.807) is 12.1 Å². The van der Waals surface area contributed by atoms with E-state index in [-0.39, 0.29) is 6.04 Å². The molecule has 0 aliphatic heterocycles. The van der Waals surface area contributed by atoms with Crippen molar-refractivity contribution in [2.45, 2.75) is 33.2 Å². The minimum Gasteiger partial charge on any atom is -0.399 e. The number of carbonyl (C=O) groups is 1. The van der Waals surface area contributed by atoms with Gasteiger partial charge in [0.1, 0.15) is 0 Å². The van der Waals surface area contributed by atoms with Gasteiger partial charge in [-0.15, -0.1) is 0 Å². The minimum atomic E-state index is -0.521. The first-order valence-corrected chi connectivity index (χ1v) is 6.73. The Bertz CT molecular complexity index is 474. The molecule has 1 amide bonds. The number of hydrogen-bond donors (Lipinski definition) is 2. The second kappa shape index (κ2) is 6.15. The monoisotopic (exact) mass is 283 g/mol. The number of nitrogen functional groups attached to an aromatic ring is 1. The molecule has 1 aromatic rings. The Labute approximate surface area is 119 Å². The fourth-order valence-electron chi connectivity index (χ4n) is 2.23. The van der Waals surface area contributed by atoms with E-state index in [2.05, 4.69) is 20.8 Å². The Morgan fingerprint density at radius 2 is 1.95 bits per heavy atom. The molecular weight excluding hydrogens is 262 g/mol. The zero-order chi connectivity index (χ0) is 14.7. The lowest BCUT2D eigenvalue weighted by Crippen LogP contribution is -2.32. The van der Waals surface area contributed by atoms with Crippen LogP contribution < -0.4 is 16.4 Å². The number of hydrogen-bond acceptors (Lipinski definition) is 3. The van der Waals surface area contributed by atoms with Crippen LogP contribution in [-0.2, 0) is 0 Å². The van der Waals surface area contributed by atoms with Crippen molar-refractivity contribution in [3.05, 3.63) is 22.7 Å². The molecule has 0 radical (unpaired) electrons. The highest BCUT2D eigenvalue weighted by Gasteiger charge is 2.20. The Morgan fingerprint density at radius 1 is 1.37 bits per heavy atom. The summed E-state index contributed by atoms with van der Waals surface area (Å²) in [6, 6.07) is 3.46. The fourth-order valence-corrected chi connectivity index (χ4v) is 2.59. The lowest BCUT2D eigenvalue weighted by molar-refractivity contribution is 0.100. The molecule has 0 saturated heterocycles. The molecule has 4 N–H and O–H groups in total. The molecule has 1 rings (SSSR count). The molecule has 0 heterocycles. The molecule has 0 saturated carbocycles. The first kappa shape index (κ1) is 15.6. The van der Waals surface area contributed by atoms with Gasteiger partial charge in [-0.2, -0.15) is 0 Å². The molecule has 0 aliphatic rings. The molecule has 4 nitrogen and oxygen atoms in total. The molecule has 1 atom stereocenters. The van der Waals surface area contributed by atoms with E-state index >= 15 is 0 Å². The van der Waals surface area contributed by atoms with E-state index in [1.165, 1.54) is 0 Å². The molecule has 0 aromatic heterocycles. The van der Waals surface area contributed by atoms with E-state index in [0.717, 1.165) is 6.42 Å². The normalized spacial score (nSPS) is 12.5. The molecule has 0 spiro atoms. The zero-order valence-electron chi connectivity index (χ0n) is 11.9. The summed E-state index contributed by atoms with van der Waals surface area (Å²) in [7, 11) is 1.91. The molecule has 1 unspecified atom stereocenters. The summed E-state index contributed by atoms with van der Waals surface area (Å²) in [6.45, 7) is 6.41. The Kier molecular flexibility index (Phi) is 5.06. The minimum absolute atomic E-state index is 0.249. The van der Waals surface area contributed by atoms with Crippen LogP contribution in [0.25, 0.3) is 0 Å². The summed E-state index contributed by atoms with van der Waals surface area (Å²) in [5.41, 5.74) is 12.6. The van der Waals surface area contributed by atoms with Crippen LogP contribution in [0.4, 0.5) is 11.4 Å². The standard InChI is InChI=1S/C14H22ClN3O/c1-8(2)5-9(3)18(4)13-11(14(17)19)6-10(16)7-12(13)15/h6-9H,5,16H2,1-4H3,(H2,17,19). The maximum Gasteiger partial charge on any atom is 0.250 e. The summed E-state index contributed by atoms with van der Waals surface area (Å²) in [5.74, 6) is 0.0369.